The van der Waals surface area contributed by atoms with Crippen LogP contribution in [0.3, 0.4) is 0 Å². The van der Waals surface area contributed by atoms with E-state index in [0.29, 0.717) is 18.1 Å². The Balaban J connectivity index is 1.30. The van der Waals surface area contributed by atoms with E-state index >= 15 is 0 Å². The van der Waals surface area contributed by atoms with Gasteiger partial charge in [-0.1, -0.05) is 11.6 Å². The lowest BCUT2D eigenvalue weighted by Gasteiger charge is -2.51. The highest BCUT2D eigenvalue weighted by atomic mass is 35.5. The third-order valence-corrected chi connectivity index (χ3v) is 7.92. The van der Waals surface area contributed by atoms with Crippen LogP contribution in [-0.4, -0.2) is 54.2 Å². The number of rotatable bonds is 3. The fourth-order valence-electron chi connectivity index (χ4n) is 5.85. The van der Waals surface area contributed by atoms with Gasteiger partial charge in [-0.2, -0.15) is 0 Å². The van der Waals surface area contributed by atoms with Crippen LogP contribution in [0.25, 0.3) is 5.69 Å². The normalized spacial score (nSPS) is 21.7. The summed E-state index contributed by atoms with van der Waals surface area (Å²) in [7, 11) is 0. The predicted octanol–water partition coefficient (Wildman–Crippen LogP) is 4.91. The predicted molar refractivity (Wildman–Crippen MR) is 129 cm³/mol. The minimum atomic E-state index is -2.60. The minimum absolute atomic E-state index is 0.142. The Bertz CT molecular complexity index is 1240. The molecule has 0 radical (unpaired) electrons. The molecule has 7 nitrogen and oxygen atoms in total. The average molecular weight is 500 g/mol. The molecule has 6 rings (SSSR count). The maximum Gasteiger partial charge on any atom is 0.251 e. The minimum Gasteiger partial charge on any atom is -0.341 e. The first-order valence-corrected chi connectivity index (χ1v) is 12.5. The van der Waals surface area contributed by atoms with Gasteiger partial charge in [0, 0.05) is 61.3 Å². The van der Waals surface area contributed by atoms with Gasteiger partial charge >= 0.3 is 0 Å². The highest BCUT2D eigenvalue weighted by Crippen LogP contribution is 2.50. The lowest BCUT2D eigenvalue weighted by atomic mass is 9.73. The van der Waals surface area contributed by atoms with Gasteiger partial charge in [-0.15, -0.1) is 10.2 Å². The lowest BCUT2D eigenvalue weighted by Crippen LogP contribution is -2.59. The Morgan fingerprint density at radius 1 is 1.03 bits per heavy atom. The first-order valence-electron chi connectivity index (χ1n) is 12.1. The average Bonchev–Trinajstić information content (AvgIpc) is 3.14. The largest absolute Gasteiger partial charge is 0.341 e. The third-order valence-electron chi connectivity index (χ3n) is 7.68. The van der Waals surface area contributed by atoms with E-state index in [9.17, 15) is 8.78 Å². The van der Waals surface area contributed by atoms with Crippen molar-refractivity contribution in [1.29, 1.82) is 0 Å². The fraction of sp³-hybridized carbons (Fsp3) is 0.520. The molecule has 0 unspecified atom stereocenters. The highest BCUT2D eigenvalue weighted by molar-refractivity contribution is 6.30. The number of fused-ring (bicyclic) bond motifs is 3. The zero-order valence-electron chi connectivity index (χ0n) is 19.9. The monoisotopic (exact) mass is 499 g/mol. The van der Waals surface area contributed by atoms with E-state index in [1.54, 1.807) is 0 Å². The fourth-order valence-corrected chi connectivity index (χ4v) is 6.04. The summed E-state index contributed by atoms with van der Waals surface area (Å²) in [6, 6.07) is 5.82. The molecule has 0 spiro atoms. The number of aromatic nitrogens is 5. The molecule has 0 bridgehead atoms. The molecule has 2 aliphatic heterocycles. The molecule has 184 valence electrons. The van der Waals surface area contributed by atoms with Gasteiger partial charge < -0.3 is 4.90 Å². The van der Waals surface area contributed by atoms with Crippen molar-refractivity contribution < 1.29 is 8.78 Å². The third kappa shape index (κ3) is 4.08. The molecule has 2 fully saturated rings. The van der Waals surface area contributed by atoms with E-state index < -0.39 is 11.5 Å². The quantitative estimate of drug-likeness (QED) is 0.510. The number of nitrogens with zero attached hydrogens (tertiary/aromatic N) is 7. The number of hydrogen-bond donors (Lipinski definition) is 0. The Morgan fingerprint density at radius 2 is 1.74 bits per heavy atom. The lowest BCUT2D eigenvalue weighted by molar-refractivity contribution is -0.173. The molecule has 3 aromatic rings. The number of hydrogen-bond acceptors (Lipinski definition) is 6. The summed E-state index contributed by atoms with van der Waals surface area (Å²) in [5.74, 6) is 0.111. The van der Waals surface area contributed by atoms with E-state index in [1.807, 2.05) is 44.4 Å². The number of alkyl halides is 2. The molecule has 2 aromatic heterocycles. The van der Waals surface area contributed by atoms with E-state index in [2.05, 4.69) is 34.5 Å². The van der Waals surface area contributed by atoms with Crippen molar-refractivity contribution in [3.8, 4) is 5.69 Å². The van der Waals surface area contributed by atoms with Crippen molar-refractivity contribution in [1.82, 2.24) is 29.6 Å². The SMILES string of the molecule is Cc1cnc(N2CCC(c3nnc4n3-c3ccc(Cl)cc3CN(C3(C)CC(F)(F)C3)C4)CC2)nc1. The van der Waals surface area contributed by atoms with Crippen LogP contribution in [0, 0.1) is 6.92 Å². The second kappa shape index (κ2) is 8.20. The van der Waals surface area contributed by atoms with Crippen molar-refractivity contribution in [2.45, 2.75) is 70.0 Å². The maximum atomic E-state index is 13.9. The molecule has 10 heteroatoms. The van der Waals surface area contributed by atoms with Crippen molar-refractivity contribution in [3.05, 3.63) is 58.4 Å². The summed E-state index contributed by atoms with van der Waals surface area (Å²) in [4.78, 5) is 13.3. The van der Waals surface area contributed by atoms with Gasteiger partial charge in [0.05, 0.1) is 12.2 Å². The molecule has 0 N–H and O–H groups in total. The molecule has 4 heterocycles. The molecular weight excluding hydrogens is 472 g/mol. The Kier molecular flexibility index (Phi) is 5.34. The number of benzene rings is 1. The number of piperidine rings is 1. The highest BCUT2D eigenvalue weighted by Gasteiger charge is 2.57. The zero-order chi connectivity index (χ0) is 24.4. The Hall–Kier alpha value is -2.65. The number of aryl methyl sites for hydroxylation is 1. The van der Waals surface area contributed by atoms with Gasteiger partial charge in [0.1, 0.15) is 5.82 Å². The van der Waals surface area contributed by atoms with Gasteiger partial charge in [-0.3, -0.25) is 9.47 Å². The van der Waals surface area contributed by atoms with Crippen molar-refractivity contribution >= 4 is 17.5 Å². The van der Waals surface area contributed by atoms with Gasteiger partial charge in [-0.25, -0.2) is 18.7 Å². The molecule has 0 atom stereocenters. The van der Waals surface area contributed by atoms with Crippen LogP contribution < -0.4 is 4.90 Å². The van der Waals surface area contributed by atoms with Gasteiger partial charge in [0.2, 0.25) is 5.95 Å². The topological polar surface area (TPSA) is 63.0 Å². The second-order valence-electron chi connectivity index (χ2n) is 10.5. The van der Waals surface area contributed by atoms with Crippen LogP contribution in [0.2, 0.25) is 5.02 Å². The first-order chi connectivity index (χ1) is 16.7. The van der Waals surface area contributed by atoms with E-state index in [4.69, 9.17) is 11.6 Å². The van der Waals surface area contributed by atoms with E-state index in [1.165, 1.54) is 0 Å². The second-order valence-corrected chi connectivity index (χ2v) is 10.9. The summed E-state index contributed by atoms with van der Waals surface area (Å²) >= 11 is 6.36. The zero-order valence-corrected chi connectivity index (χ0v) is 20.6. The Morgan fingerprint density at radius 3 is 2.43 bits per heavy atom. The number of anilines is 1. The van der Waals surface area contributed by atoms with Crippen LogP contribution >= 0.6 is 11.6 Å². The summed E-state index contributed by atoms with van der Waals surface area (Å²) in [5.41, 5.74) is 2.47. The van der Waals surface area contributed by atoms with E-state index in [-0.39, 0.29) is 18.8 Å². The van der Waals surface area contributed by atoms with Crippen molar-refractivity contribution in [2.75, 3.05) is 18.0 Å². The van der Waals surface area contributed by atoms with Gasteiger partial charge in [0.15, 0.2) is 5.82 Å². The van der Waals surface area contributed by atoms with Crippen LogP contribution in [0.15, 0.2) is 30.6 Å². The standard InChI is InChI=1S/C25H28ClF2N7/c1-16-10-29-23(30-11-16)33-7-5-17(6-8-33)22-32-31-21-13-34(24(2)14-25(27,28)15-24)12-18-9-19(26)3-4-20(18)35(21)22/h3-4,9-11,17H,5-8,12-15H2,1-2H3. The van der Waals surface area contributed by atoms with Crippen LogP contribution in [-0.2, 0) is 13.1 Å². The summed E-state index contributed by atoms with van der Waals surface area (Å²) in [6.07, 6.45) is 5.23. The Labute approximate surface area is 208 Å². The van der Waals surface area contributed by atoms with Gasteiger partial charge in [-0.05, 0) is 56.0 Å². The smallest absolute Gasteiger partial charge is 0.251 e. The van der Waals surface area contributed by atoms with Crippen LogP contribution in [0.4, 0.5) is 14.7 Å². The first kappa shape index (κ1) is 22.8. The van der Waals surface area contributed by atoms with Crippen molar-refractivity contribution in [2.24, 2.45) is 0 Å². The maximum absolute atomic E-state index is 13.9. The molecule has 1 saturated heterocycles. The molecular formula is C25H28ClF2N7. The molecule has 1 saturated carbocycles. The summed E-state index contributed by atoms with van der Waals surface area (Å²) in [6.45, 7) is 6.60. The molecule has 35 heavy (non-hydrogen) atoms. The van der Waals surface area contributed by atoms with Crippen LogP contribution in [0.5, 0.6) is 0 Å². The number of halogens is 3. The van der Waals surface area contributed by atoms with Crippen LogP contribution in [0.1, 0.15) is 61.3 Å². The van der Waals surface area contributed by atoms with E-state index in [0.717, 1.165) is 60.3 Å². The molecule has 1 aromatic carbocycles. The molecule has 3 aliphatic rings. The molecule has 1 aliphatic carbocycles. The van der Waals surface area contributed by atoms with Crippen molar-refractivity contribution in [3.63, 3.8) is 0 Å². The summed E-state index contributed by atoms with van der Waals surface area (Å²) < 4.78 is 29.9. The van der Waals surface area contributed by atoms with Gasteiger partial charge in [0.25, 0.3) is 5.92 Å². The summed E-state index contributed by atoms with van der Waals surface area (Å²) in [5, 5.41) is 9.85. The molecule has 0 amide bonds.